The first kappa shape index (κ1) is 19.9. The van der Waals surface area contributed by atoms with Gasteiger partial charge in [-0.15, -0.1) is 0 Å². The number of halogens is 2. The van der Waals surface area contributed by atoms with E-state index in [9.17, 15) is 14.9 Å². The zero-order chi connectivity index (χ0) is 21.3. The van der Waals surface area contributed by atoms with Gasteiger partial charge in [0.25, 0.3) is 5.91 Å². The van der Waals surface area contributed by atoms with Gasteiger partial charge in [-0.1, -0.05) is 65.7 Å². The van der Waals surface area contributed by atoms with Gasteiger partial charge >= 0.3 is 5.69 Å². The molecule has 0 saturated carbocycles. The highest BCUT2D eigenvalue weighted by atomic mass is 35.5. The molecule has 0 aliphatic heterocycles. The van der Waals surface area contributed by atoms with Gasteiger partial charge in [-0.2, -0.15) is 0 Å². The Balaban J connectivity index is 2.01. The van der Waals surface area contributed by atoms with Gasteiger partial charge in [-0.25, -0.2) is 0 Å². The number of hydrogen-bond donors (Lipinski definition) is 0. The average molecular weight is 437 g/mol. The van der Waals surface area contributed by atoms with Crippen molar-refractivity contribution < 1.29 is 9.72 Å². The van der Waals surface area contributed by atoms with E-state index in [1.54, 1.807) is 78.9 Å². The summed E-state index contributed by atoms with van der Waals surface area (Å²) in [4.78, 5) is 24.9. The Kier molecular flexibility index (Phi) is 5.40. The third kappa shape index (κ3) is 3.73. The van der Waals surface area contributed by atoms with E-state index in [1.165, 1.54) is 10.8 Å². The van der Waals surface area contributed by atoms with Crippen molar-refractivity contribution in [1.82, 2.24) is 4.57 Å². The summed E-state index contributed by atoms with van der Waals surface area (Å²) in [5.41, 5.74) is 1.86. The number of carbonyl (C=O) groups excluding carboxylic acids is 1. The number of nitrogens with zero attached hydrogens (tertiary/aromatic N) is 2. The maximum Gasteiger partial charge on any atom is 0.303 e. The molecule has 0 aliphatic carbocycles. The summed E-state index contributed by atoms with van der Waals surface area (Å²) in [5, 5.41) is 13.1. The van der Waals surface area contributed by atoms with Crippen molar-refractivity contribution in [2.24, 2.45) is 0 Å². The molecule has 0 amide bonds. The lowest BCUT2D eigenvalue weighted by atomic mass is 10.0. The quantitative estimate of drug-likeness (QED) is 0.263. The van der Waals surface area contributed by atoms with Crippen LogP contribution in [0.15, 0.2) is 85.1 Å². The standard InChI is InChI=1S/C23H14Cl2N2O3/c24-18-10-6-15(7-11-18)20-14-26(23(28)17-4-2-1-3-5-17)21(22(20)27(29)30)16-8-12-19(25)13-9-16/h1-14H. The van der Waals surface area contributed by atoms with Gasteiger partial charge in [0, 0.05) is 27.4 Å². The van der Waals surface area contributed by atoms with E-state index in [4.69, 9.17) is 23.2 Å². The van der Waals surface area contributed by atoms with E-state index in [-0.39, 0.29) is 17.3 Å². The first-order valence-corrected chi connectivity index (χ1v) is 9.72. The van der Waals surface area contributed by atoms with Crippen LogP contribution in [0.4, 0.5) is 5.69 Å². The van der Waals surface area contributed by atoms with Crippen molar-refractivity contribution in [3.05, 3.63) is 111 Å². The van der Waals surface area contributed by atoms with Crippen LogP contribution in [0.5, 0.6) is 0 Å². The van der Waals surface area contributed by atoms with Crippen LogP contribution in [0, 0.1) is 10.1 Å². The summed E-state index contributed by atoms with van der Waals surface area (Å²) in [6.45, 7) is 0. The van der Waals surface area contributed by atoms with E-state index in [0.717, 1.165) is 0 Å². The van der Waals surface area contributed by atoms with Crippen molar-refractivity contribution in [1.29, 1.82) is 0 Å². The molecular formula is C23H14Cl2N2O3. The molecule has 4 rings (SSSR count). The Morgan fingerprint density at radius 2 is 1.33 bits per heavy atom. The highest BCUT2D eigenvalue weighted by molar-refractivity contribution is 6.31. The molecule has 1 aromatic heterocycles. The molecule has 0 aliphatic rings. The fraction of sp³-hybridized carbons (Fsp3) is 0. The van der Waals surface area contributed by atoms with Crippen LogP contribution in [0.2, 0.25) is 10.0 Å². The predicted molar refractivity (Wildman–Crippen MR) is 118 cm³/mol. The second kappa shape index (κ2) is 8.14. The zero-order valence-corrected chi connectivity index (χ0v) is 17.0. The monoisotopic (exact) mass is 436 g/mol. The number of rotatable bonds is 4. The number of benzene rings is 3. The molecule has 0 spiro atoms. The minimum Gasteiger partial charge on any atom is -0.276 e. The molecule has 0 fully saturated rings. The minimum atomic E-state index is -0.470. The van der Waals surface area contributed by atoms with Gasteiger partial charge in [0.15, 0.2) is 0 Å². The molecule has 0 radical (unpaired) electrons. The van der Waals surface area contributed by atoms with E-state index < -0.39 is 4.92 Å². The molecule has 30 heavy (non-hydrogen) atoms. The summed E-state index contributed by atoms with van der Waals surface area (Å²) < 4.78 is 1.32. The fourth-order valence-corrected chi connectivity index (χ4v) is 3.54. The van der Waals surface area contributed by atoms with Crippen LogP contribution in [-0.2, 0) is 0 Å². The fourth-order valence-electron chi connectivity index (χ4n) is 3.29. The summed E-state index contributed by atoms with van der Waals surface area (Å²) in [5.74, 6) is -0.371. The maximum atomic E-state index is 13.3. The molecule has 0 N–H and O–H groups in total. The molecule has 1 heterocycles. The lowest BCUT2D eigenvalue weighted by Crippen LogP contribution is -2.12. The molecular weight excluding hydrogens is 423 g/mol. The highest BCUT2D eigenvalue weighted by Gasteiger charge is 2.30. The second-order valence-electron chi connectivity index (χ2n) is 6.55. The van der Waals surface area contributed by atoms with Gasteiger partial charge in [0.2, 0.25) is 0 Å². The van der Waals surface area contributed by atoms with Crippen LogP contribution in [0.1, 0.15) is 10.4 Å². The van der Waals surface area contributed by atoms with E-state index in [1.807, 2.05) is 0 Å². The maximum absolute atomic E-state index is 13.3. The van der Waals surface area contributed by atoms with Crippen LogP contribution in [0.25, 0.3) is 22.4 Å². The molecule has 3 aromatic carbocycles. The second-order valence-corrected chi connectivity index (χ2v) is 7.42. The predicted octanol–water partition coefficient (Wildman–Crippen LogP) is 6.73. The van der Waals surface area contributed by atoms with Crippen LogP contribution < -0.4 is 0 Å². The van der Waals surface area contributed by atoms with Gasteiger partial charge < -0.3 is 0 Å². The Labute approximate surface area is 182 Å². The molecule has 0 atom stereocenters. The summed E-state index contributed by atoms with van der Waals surface area (Å²) >= 11 is 12.0. The van der Waals surface area contributed by atoms with E-state index >= 15 is 0 Å². The molecule has 5 nitrogen and oxygen atoms in total. The Morgan fingerprint density at radius 1 is 0.800 bits per heavy atom. The molecule has 0 saturated heterocycles. The molecule has 4 aromatic rings. The van der Waals surface area contributed by atoms with Crippen molar-refractivity contribution >= 4 is 34.8 Å². The topological polar surface area (TPSA) is 65.1 Å². The molecule has 7 heteroatoms. The number of carbonyl (C=O) groups is 1. The lowest BCUT2D eigenvalue weighted by molar-refractivity contribution is -0.383. The number of nitro groups is 1. The third-order valence-corrected chi connectivity index (χ3v) is 5.18. The van der Waals surface area contributed by atoms with Crippen molar-refractivity contribution in [2.75, 3.05) is 0 Å². The first-order valence-electron chi connectivity index (χ1n) is 8.97. The van der Waals surface area contributed by atoms with Crippen LogP contribution in [0.3, 0.4) is 0 Å². The highest BCUT2D eigenvalue weighted by Crippen LogP contribution is 2.41. The summed E-state index contributed by atoms with van der Waals surface area (Å²) in [6.07, 6.45) is 1.50. The van der Waals surface area contributed by atoms with Gasteiger partial charge in [-0.05, 0) is 42.0 Å². The van der Waals surface area contributed by atoms with Gasteiger partial charge in [0.05, 0.1) is 10.5 Å². The summed E-state index contributed by atoms with van der Waals surface area (Å²) in [7, 11) is 0. The largest absolute Gasteiger partial charge is 0.303 e. The van der Waals surface area contributed by atoms with Gasteiger partial charge in [0.1, 0.15) is 5.69 Å². The van der Waals surface area contributed by atoms with E-state index in [2.05, 4.69) is 0 Å². The van der Waals surface area contributed by atoms with E-state index in [0.29, 0.717) is 32.3 Å². The van der Waals surface area contributed by atoms with Crippen LogP contribution in [-0.4, -0.2) is 15.4 Å². The molecule has 0 unspecified atom stereocenters. The third-order valence-electron chi connectivity index (χ3n) is 4.67. The smallest absolute Gasteiger partial charge is 0.276 e. The Hall–Kier alpha value is -3.41. The van der Waals surface area contributed by atoms with Crippen molar-refractivity contribution in [3.63, 3.8) is 0 Å². The first-order chi connectivity index (χ1) is 14.5. The average Bonchev–Trinajstić information content (AvgIpc) is 3.16. The van der Waals surface area contributed by atoms with Gasteiger partial charge in [-0.3, -0.25) is 19.5 Å². The van der Waals surface area contributed by atoms with Crippen LogP contribution >= 0.6 is 23.2 Å². The lowest BCUT2D eigenvalue weighted by Gasteiger charge is -2.08. The Bertz CT molecular complexity index is 1230. The van der Waals surface area contributed by atoms with Crippen molar-refractivity contribution in [2.45, 2.75) is 0 Å². The normalized spacial score (nSPS) is 10.7. The number of aromatic nitrogens is 1. The minimum absolute atomic E-state index is 0.163. The summed E-state index contributed by atoms with van der Waals surface area (Å²) in [6, 6.07) is 21.9. The SMILES string of the molecule is O=C(c1ccccc1)n1cc(-c2ccc(Cl)cc2)c([N+](=O)[O-])c1-c1ccc(Cl)cc1. The zero-order valence-electron chi connectivity index (χ0n) is 15.5. The molecule has 148 valence electrons. The number of hydrogen-bond acceptors (Lipinski definition) is 3. The molecule has 0 bridgehead atoms. The van der Waals surface area contributed by atoms with Crippen molar-refractivity contribution in [3.8, 4) is 22.4 Å². The Morgan fingerprint density at radius 3 is 1.87 bits per heavy atom.